The van der Waals surface area contributed by atoms with Gasteiger partial charge in [0.05, 0.1) is 0 Å². The van der Waals surface area contributed by atoms with Crippen molar-refractivity contribution in [3.63, 3.8) is 0 Å². The third-order valence-electron chi connectivity index (χ3n) is 2.83. The molecule has 4 heteroatoms. The number of nitrogen functional groups attached to an aromatic ring is 1. The molecule has 0 aromatic heterocycles. The highest BCUT2D eigenvalue weighted by Crippen LogP contribution is 2.19. The minimum atomic E-state index is -0.143. The van der Waals surface area contributed by atoms with E-state index in [2.05, 4.69) is 12.6 Å². The van der Waals surface area contributed by atoms with Crippen molar-refractivity contribution < 1.29 is 9.47 Å². The van der Waals surface area contributed by atoms with Gasteiger partial charge in [-0.3, -0.25) is 0 Å². The third-order valence-corrected chi connectivity index (χ3v) is 3.20. The van der Waals surface area contributed by atoms with Crippen LogP contribution in [0.4, 0.5) is 5.69 Å². The molecule has 0 heterocycles. The summed E-state index contributed by atoms with van der Waals surface area (Å²) in [6, 6.07) is 15.5. The molecule has 0 spiro atoms. The van der Waals surface area contributed by atoms with Crippen molar-refractivity contribution in [2.75, 3.05) is 5.73 Å². The SMILES string of the molecule is CC(C)(C)Oc1ccc(CS)cc1.CC(C)(C)Oc1ccc(N)cc1. The van der Waals surface area contributed by atoms with Crippen LogP contribution < -0.4 is 15.2 Å². The van der Waals surface area contributed by atoms with Gasteiger partial charge in [-0.25, -0.2) is 0 Å². The first-order valence-electron chi connectivity index (χ1n) is 8.42. The Morgan fingerprint density at radius 2 is 1.08 bits per heavy atom. The van der Waals surface area contributed by atoms with Gasteiger partial charge in [0, 0.05) is 11.4 Å². The molecular formula is C21H31NO2S. The maximum absolute atomic E-state index is 5.68. The van der Waals surface area contributed by atoms with Gasteiger partial charge in [-0.1, -0.05) is 12.1 Å². The standard InChI is InChI=1S/C11H16OS.C10H15NO/c1-11(2,3)12-10-6-4-9(8-13)5-7-10;1-10(2,3)12-9-6-4-8(11)5-7-9/h4-7,13H,8H2,1-3H3;4-7H,11H2,1-3H3. The van der Waals surface area contributed by atoms with E-state index < -0.39 is 0 Å². The normalized spacial score (nSPS) is 11.3. The van der Waals surface area contributed by atoms with Crippen molar-refractivity contribution in [3.8, 4) is 11.5 Å². The van der Waals surface area contributed by atoms with Gasteiger partial charge in [-0.2, -0.15) is 12.6 Å². The second-order valence-electron chi connectivity index (χ2n) is 7.80. The van der Waals surface area contributed by atoms with Gasteiger partial charge in [0.2, 0.25) is 0 Å². The van der Waals surface area contributed by atoms with Crippen molar-refractivity contribution >= 4 is 18.3 Å². The van der Waals surface area contributed by atoms with Crippen LogP contribution in [-0.4, -0.2) is 11.2 Å². The second kappa shape index (κ2) is 9.04. The average Bonchev–Trinajstić information content (AvgIpc) is 2.48. The van der Waals surface area contributed by atoms with E-state index in [-0.39, 0.29) is 11.2 Å². The minimum absolute atomic E-state index is 0.123. The Labute approximate surface area is 158 Å². The Kier molecular flexibility index (Phi) is 7.68. The van der Waals surface area contributed by atoms with E-state index in [1.807, 2.05) is 90.1 Å². The molecule has 0 bridgehead atoms. The predicted molar refractivity (Wildman–Crippen MR) is 111 cm³/mol. The van der Waals surface area contributed by atoms with E-state index in [0.29, 0.717) is 0 Å². The highest BCUT2D eigenvalue weighted by molar-refractivity contribution is 7.79. The molecular weight excluding hydrogens is 330 g/mol. The minimum Gasteiger partial charge on any atom is -0.488 e. The second-order valence-corrected chi connectivity index (χ2v) is 8.12. The number of rotatable bonds is 3. The Morgan fingerprint density at radius 1 is 0.720 bits per heavy atom. The molecule has 0 aliphatic heterocycles. The summed E-state index contributed by atoms with van der Waals surface area (Å²) in [4.78, 5) is 0. The van der Waals surface area contributed by atoms with Crippen LogP contribution in [-0.2, 0) is 5.75 Å². The van der Waals surface area contributed by atoms with Crippen LogP contribution in [0.5, 0.6) is 11.5 Å². The number of hydrogen-bond donors (Lipinski definition) is 2. The molecule has 0 aliphatic carbocycles. The maximum atomic E-state index is 5.68. The highest BCUT2D eigenvalue weighted by Gasteiger charge is 2.11. The van der Waals surface area contributed by atoms with Gasteiger partial charge in [-0.05, 0) is 83.5 Å². The van der Waals surface area contributed by atoms with Gasteiger partial charge in [0.1, 0.15) is 22.7 Å². The molecule has 0 saturated heterocycles. The molecule has 0 radical (unpaired) electrons. The van der Waals surface area contributed by atoms with Crippen LogP contribution in [0.3, 0.4) is 0 Å². The lowest BCUT2D eigenvalue weighted by molar-refractivity contribution is 0.130. The molecule has 2 rings (SSSR count). The van der Waals surface area contributed by atoms with Crippen LogP contribution in [0.25, 0.3) is 0 Å². The fraction of sp³-hybridized carbons (Fsp3) is 0.429. The Bertz CT molecular complexity index is 623. The largest absolute Gasteiger partial charge is 0.488 e. The van der Waals surface area contributed by atoms with Crippen molar-refractivity contribution in [1.29, 1.82) is 0 Å². The van der Waals surface area contributed by atoms with Crippen molar-refractivity contribution in [3.05, 3.63) is 54.1 Å². The van der Waals surface area contributed by atoms with Crippen LogP contribution in [0.15, 0.2) is 48.5 Å². The van der Waals surface area contributed by atoms with E-state index in [4.69, 9.17) is 15.2 Å². The summed E-state index contributed by atoms with van der Waals surface area (Å²) >= 11 is 4.19. The van der Waals surface area contributed by atoms with Crippen molar-refractivity contribution in [2.24, 2.45) is 0 Å². The lowest BCUT2D eigenvalue weighted by Crippen LogP contribution is -2.22. The molecule has 138 valence electrons. The maximum Gasteiger partial charge on any atom is 0.120 e. The van der Waals surface area contributed by atoms with Crippen LogP contribution in [0.2, 0.25) is 0 Å². The summed E-state index contributed by atoms with van der Waals surface area (Å²) in [6.07, 6.45) is 0. The summed E-state index contributed by atoms with van der Waals surface area (Å²) < 4.78 is 11.3. The Morgan fingerprint density at radius 3 is 1.40 bits per heavy atom. The molecule has 2 N–H and O–H groups in total. The van der Waals surface area contributed by atoms with Gasteiger partial charge < -0.3 is 15.2 Å². The van der Waals surface area contributed by atoms with E-state index >= 15 is 0 Å². The zero-order chi connectivity index (χ0) is 19.1. The quantitative estimate of drug-likeness (QED) is 0.541. The van der Waals surface area contributed by atoms with E-state index in [1.165, 1.54) is 5.56 Å². The molecule has 0 saturated carbocycles. The van der Waals surface area contributed by atoms with Crippen molar-refractivity contribution in [2.45, 2.75) is 58.5 Å². The Balaban J connectivity index is 0.000000251. The summed E-state index contributed by atoms with van der Waals surface area (Å²) in [5.74, 6) is 2.55. The molecule has 3 nitrogen and oxygen atoms in total. The monoisotopic (exact) mass is 361 g/mol. The lowest BCUT2D eigenvalue weighted by atomic mass is 10.2. The molecule has 0 aliphatic rings. The molecule has 25 heavy (non-hydrogen) atoms. The average molecular weight is 362 g/mol. The number of hydrogen-bond acceptors (Lipinski definition) is 4. The van der Waals surface area contributed by atoms with Crippen LogP contribution in [0, 0.1) is 0 Å². The van der Waals surface area contributed by atoms with E-state index in [1.54, 1.807) is 0 Å². The first-order valence-corrected chi connectivity index (χ1v) is 9.05. The summed E-state index contributed by atoms with van der Waals surface area (Å²) in [5, 5.41) is 0. The summed E-state index contributed by atoms with van der Waals surface area (Å²) in [6.45, 7) is 12.2. The van der Waals surface area contributed by atoms with Gasteiger partial charge in [0.25, 0.3) is 0 Å². The molecule has 0 fully saturated rings. The van der Waals surface area contributed by atoms with Crippen LogP contribution >= 0.6 is 12.6 Å². The fourth-order valence-corrected chi connectivity index (χ4v) is 2.12. The predicted octanol–water partition coefficient (Wildman–Crippen LogP) is 5.74. The smallest absolute Gasteiger partial charge is 0.120 e. The summed E-state index contributed by atoms with van der Waals surface area (Å²) in [5.41, 5.74) is 7.24. The van der Waals surface area contributed by atoms with Crippen LogP contribution in [0.1, 0.15) is 47.1 Å². The summed E-state index contributed by atoms with van der Waals surface area (Å²) in [7, 11) is 0. The molecule has 2 aromatic rings. The van der Waals surface area contributed by atoms with Gasteiger partial charge in [0.15, 0.2) is 0 Å². The number of benzene rings is 2. The zero-order valence-corrected chi connectivity index (χ0v) is 17.1. The zero-order valence-electron chi connectivity index (χ0n) is 16.2. The number of thiol groups is 1. The highest BCUT2D eigenvalue weighted by atomic mass is 32.1. The lowest BCUT2D eigenvalue weighted by Gasteiger charge is -2.21. The van der Waals surface area contributed by atoms with E-state index in [0.717, 1.165) is 22.9 Å². The number of anilines is 1. The van der Waals surface area contributed by atoms with Gasteiger partial charge in [-0.15, -0.1) is 0 Å². The topological polar surface area (TPSA) is 44.5 Å². The molecule has 0 amide bonds. The van der Waals surface area contributed by atoms with Crippen molar-refractivity contribution in [1.82, 2.24) is 0 Å². The number of ether oxygens (including phenoxy) is 2. The number of nitrogens with two attached hydrogens (primary N) is 1. The molecule has 0 unspecified atom stereocenters. The molecule has 0 atom stereocenters. The Hall–Kier alpha value is -1.81. The van der Waals surface area contributed by atoms with Gasteiger partial charge >= 0.3 is 0 Å². The molecule has 2 aromatic carbocycles. The van der Waals surface area contributed by atoms with E-state index in [9.17, 15) is 0 Å². The first kappa shape index (κ1) is 21.2. The third kappa shape index (κ3) is 9.92. The first-order chi connectivity index (χ1) is 11.5. The fourth-order valence-electron chi connectivity index (χ4n) is 1.91.